The van der Waals surface area contributed by atoms with Crippen LogP contribution in [-0.2, 0) is 0 Å². The highest BCUT2D eigenvalue weighted by Gasteiger charge is 2.12. The third-order valence-corrected chi connectivity index (χ3v) is 2.83. The lowest BCUT2D eigenvalue weighted by Crippen LogP contribution is -2.18. The van der Waals surface area contributed by atoms with E-state index in [0.717, 1.165) is 23.3 Å². The molecule has 2 aromatic rings. The number of ether oxygens (including phenoxy) is 1. The fourth-order valence-corrected chi connectivity index (χ4v) is 1.75. The summed E-state index contributed by atoms with van der Waals surface area (Å²) in [5, 5.41) is 0. The van der Waals surface area contributed by atoms with Crippen LogP contribution >= 0.6 is 0 Å². The molecule has 2 aromatic carbocycles. The van der Waals surface area contributed by atoms with Crippen LogP contribution in [0.5, 0.6) is 5.75 Å². The highest BCUT2D eigenvalue weighted by molar-refractivity contribution is 5.27. The van der Waals surface area contributed by atoms with E-state index in [4.69, 9.17) is 10.5 Å². The molecule has 100 valence electrons. The standard InChI is InChI=1S/C15H15F2NO/c1-10-2-4-11(5-3-10)15(9-18)19-12-6-7-13(16)14(17)8-12/h2-8,15H,9,18H2,1H3. The van der Waals surface area contributed by atoms with E-state index in [1.807, 2.05) is 31.2 Å². The molecule has 0 aromatic heterocycles. The molecule has 0 aliphatic rings. The molecule has 19 heavy (non-hydrogen) atoms. The van der Waals surface area contributed by atoms with Crippen molar-refractivity contribution in [2.24, 2.45) is 5.73 Å². The summed E-state index contributed by atoms with van der Waals surface area (Å²) in [4.78, 5) is 0. The van der Waals surface area contributed by atoms with Crippen LogP contribution in [0.2, 0.25) is 0 Å². The molecule has 0 amide bonds. The Bertz CT molecular complexity index is 555. The molecule has 2 rings (SSSR count). The van der Waals surface area contributed by atoms with Gasteiger partial charge in [0, 0.05) is 12.6 Å². The Morgan fingerprint density at radius 2 is 1.74 bits per heavy atom. The zero-order chi connectivity index (χ0) is 13.8. The second kappa shape index (κ2) is 5.80. The Kier molecular flexibility index (Phi) is 4.12. The molecule has 1 atom stereocenters. The lowest BCUT2D eigenvalue weighted by molar-refractivity contribution is 0.213. The second-order valence-electron chi connectivity index (χ2n) is 4.33. The predicted molar refractivity (Wildman–Crippen MR) is 70.0 cm³/mol. The smallest absolute Gasteiger partial charge is 0.162 e. The third-order valence-electron chi connectivity index (χ3n) is 2.83. The van der Waals surface area contributed by atoms with Crippen molar-refractivity contribution in [3.63, 3.8) is 0 Å². The Balaban J connectivity index is 2.18. The molecule has 0 saturated heterocycles. The molecule has 1 unspecified atom stereocenters. The van der Waals surface area contributed by atoms with Crippen molar-refractivity contribution >= 4 is 0 Å². The maximum absolute atomic E-state index is 13.1. The molecule has 0 saturated carbocycles. The summed E-state index contributed by atoms with van der Waals surface area (Å²) in [6, 6.07) is 11.2. The Hall–Kier alpha value is -1.94. The van der Waals surface area contributed by atoms with Gasteiger partial charge < -0.3 is 10.5 Å². The third kappa shape index (κ3) is 3.29. The van der Waals surface area contributed by atoms with Gasteiger partial charge in [0.15, 0.2) is 11.6 Å². The van der Waals surface area contributed by atoms with E-state index in [2.05, 4.69) is 0 Å². The van der Waals surface area contributed by atoms with Crippen molar-refractivity contribution in [2.75, 3.05) is 6.54 Å². The number of nitrogens with two attached hydrogens (primary N) is 1. The first kappa shape index (κ1) is 13.5. The number of hydrogen-bond donors (Lipinski definition) is 1. The first-order chi connectivity index (χ1) is 9.10. The molecule has 0 aliphatic heterocycles. The van der Waals surface area contributed by atoms with Gasteiger partial charge in [0.2, 0.25) is 0 Å². The summed E-state index contributed by atoms with van der Waals surface area (Å²) in [7, 11) is 0. The number of hydrogen-bond acceptors (Lipinski definition) is 2. The van der Waals surface area contributed by atoms with E-state index in [0.29, 0.717) is 0 Å². The van der Waals surface area contributed by atoms with Crippen LogP contribution < -0.4 is 10.5 Å². The fraction of sp³-hybridized carbons (Fsp3) is 0.200. The normalized spacial score (nSPS) is 12.2. The maximum atomic E-state index is 13.1. The number of rotatable bonds is 4. The Morgan fingerprint density at radius 3 is 2.32 bits per heavy atom. The van der Waals surface area contributed by atoms with Gasteiger partial charge in [0.1, 0.15) is 11.9 Å². The molecule has 4 heteroatoms. The molecular weight excluding hydrogens is 248 g/mol. The van der Waals surface area contributed by atoms with Crippen LogP contribution in [0, 0.1) is 18.6 Å². The van der Waals surface area contributed by atoms with Crippen LogP contribution in [0.3, 0.4) is 0 Å². The van der Waals surface area contributed by atoms with Gasteiger partial charge in [-0.15, -0.1) is 0 Å². The maximum Gasteiger partial charge on any atom is 0.162 e. The molecule has 0 bridgehead atoms. The van der Waals surface area contributed by atoms with Gasteiger partial charge in [-0.25, -0.2) is 8.78 Å². The van der Waals surface area contributed by atoms with Crippen LogP contribution in [0.25, 0.3) is 0 Å². The lowest BCUT2D eigenvalue weighted by atomic mass is 10.1. The average Bonchev–Trinajstić information content (AvgIpc) is 2.41. The highest BCUT2D eigenvalue weighted by atomic mass is 19.2. The second-order valence-corrected chi connectivity index (χ2v) is 4.33. The van der Waals surface area contributed by atoms with Gasteiger partial charge in [-0.3, -0.25) is 0 Å². The summed E-state index contributed by atoms with van der Waals surface area (Å²) in [6.45, 7) is 2.24. The molecule has 0 spiro atoms. The number of halogens is 2. The van der Waals surface area contributed by atoms with Gasteiger partial charge in [0.05, 0.1) is 0 Å². The molecule has 0 fully saturated rings. The minimum Gasteiger partial charge on any atom is -0.484 e. The van der Waals surface area contributed by atoms with Crippen LogP contribution in [0.1, 0.15) is 17.2 Å². The lowest BCUT2D eigenvalue weighted by Gasteiger charge is -2.18. The summed E-state index contributed by atoms with van der Waals surface area (Å²) < 4.78 is 31.5. The zero-order valence-electron chi connectivity index (χ0n) is 10.6. The van der Waals surface area contributed by atoms with Crippen molar-refractivity contribution in [2.45, 2.75) is 13.0 Å². The molecule has 2 N–H and O–H groups in total. The summed E-state index contributed by atoms with van der Waals surface area (Å²) in [6.07, 6.45) is -0.384. The van der Waals surface area contributed by atoms with E-state index in [1.54, 1.807) is 0 Å². The van der Waals surface area contributed by atoms with Gasteiger partial charge in [-0.1, -0.05) is 29.8 Å². The van der Waals surface area contributed by atoms with Crippen molar-refractivity contribution in [1.82, 2.24) is 0 Å². The summed E-state index contributed by atoms with van der Waals surface area (Å²) in [5.41, 5.74) is 7.70. The SMILES string of the molecule is Cc1ccc(C(CN)Oc2ccc(F)c(F)c2)cc1. The zero-order valence-corrected chi connectivity index (χ0v) is 10.6. The predicted octanol–water partition coefficient (Wildman–Crippen LogP) is 3.35. The fourth-order valence-electron chi connectivity index (χ4n) is 1.75. The quantitative estimate of drug-likeness (QED) is 0.918. The van der Waals surface area contributed by atoms with Crippen molar-refractivity contribution in [3.05, 3.63) is 65.2 Å². The Labute approximate surface area is 110 Å². The highest BCUT2D eigenvalue weighted by Crippen LogP contribution is 2.23. The summed E-state index contributed by atoms with van der Waals surface area (Å²) in [5.74, 6) is -1.57. The first-order valence-corrected chi connectivity index (χ1v) is 5.98. The van der Waals surface area contributed by atoms with Crippen molar-refractivity contribution < 1.29 is 13.5 Å². The van der Waals surface area contributed by atoms with Crippen LogP contribution in [0.15, 0.2) is 42.5 Å². The molecular formula is C15H15F2NO. The van der Waals surface area contributed by atoms with E-state index < -0.39 is 11.6 Å². The average molecular weight is 263 g/mol. The molecule has 0 radical (unpaired) electrons. The Morgan fingerprint density at radius 1 is 1.05 bits per heavy atom. The van der Waals surface area contributed by atoms with Crippen LogP contribution in [-0.4, -0.2) is 6.54 Å². The molecule has 0 aliphatic carbocycles. The van der Waals surface area contributed by atoms with E-state index in [-0.39, 0.29) is 18.4 Å². The van der Waals surface area contributed by atoms with Crippen molar-refractivity contribution in [1.29, 1.82) is 0 Å². The number of benzene rings is 2. The topological polar surface area (TPSA) is 35.2 Å². The molecule has 2 nitrogen and oxygen atoms in total. The van der Waals surface area contributed by atoms with Gasteiger partial charge in [-0.05, 0) is 24.6 Å². The minimum atomic E-state index is -0.933. The first-order valence-electron chi connectivity index (χ1n) is 5.98. The molecule has 0 heterocycles. The van der Waals surface area contributed by atoms with Gasteiger partial charge >= 0.3 is 0 Å². The van der Waals surface area contributed by atoms with E-state index >= 15 is 0 Å². The van der Waals surface area contributed by atoms with Crippen molar-refractivity contribution in [3.8, 4) is 5.75 Å². The van der Waals surface area contributed by atoms with Gasteiger partial charge in [-0.2, -0.15) is 0 Å². The minimum absolute atomic E-state index is 0.252. The van der Waals surface area contributed by atoms with E-state index in [1.165, 1.54) is 6.07 Å². The summed E-state index contributed by atoms with van der Waals surface area (Å²) >= 11 is 0. The largest absolute Gasteiger partial charge is 0.484 e. The monoisotopic (exact) mass is 263 g/mol. The van der Waals surface area contributed by atoms with E-state index in [9.17, 15) is 8.78 Å². The number of aryl methyl sites for hydroxylation is 1. The van der Waals surface area contributed by atoms with Gasteiger partial charge in [0.25, 0.3) is 0 Å². The van der Waals surface area contributed by atoms with Crippen LogP contribution in [0.4, 0.5) is 8.78 Å².